The zero-order valence-corrected chi connectivity index (χ0v) is 4.68. The van der Waals surface area contributed by atoms with Crippen LogP contribution in [0.5, 0.6) is 0 Å². The van der Waals surface area contributed by atoms with Gasteiger partial charge in [0.1, 0.15) is 0 Å². The molecule has 1 rings (SSSR count). The molecule has 0 aromatic carbocycles. The third kappa shape index (κ3) is 1.11. The van der Waals surface area contributed by atoms with E-state index in [-0.39, 0.29) is 22.6 Å². The molecule has 1 amide bonds. The Hall–Kier alpha value is -0.754. The molecule has 2 N–H and O–H groups in total. The van der Waals surface area contributed by atoms with Crippen LogP contribution in [0.15, 0.2) is 10.3 Å². The first-order valence-corrected chi connectivity index (χ1v) is 1.60. The largest absolute Gasteiger partial charge is 0.311 e. The van der Waals surface area contributed by atoms with Crippen LogP contribution in [-0.2, 0) is 21.6 Å². The van der Waals surface area contributed by atoms with Crippen molar-refractivity contribution >= 4 is 11.7 Å². The third-order valence-corrected chi connectivity index (χ3v) is 0.517. The fourth-order valence-electron chi connectivity index (χ4n) is 0.219. The number of amidine groups is 1. The van der Waals surface area contributed by atoms with Crippen LogP contribution < -0.4 is 5.43 Å². The molecule has 0 aromatic heterocycles. The first-order chi connectivity index (χ1) is 3.30. The van der Waals surface area contributed by atoms with Crippen molar-refractivity contribution in [1.29, 1.82) is 5.41 Å². The van der Waals surface area contributed by atoms with Crippen molar-refractivity contribution < 1.29 is 21.6 Å². The summed E-state index contributed by atoms with van der Waals surface area (Å²) in [5.41, 5.74) is 1.96. The summed E-state index contributed by atoms with van der Waals surface area (Å²) in [6.45, 7) is 0. The van der Waals surface area contributed by atoms with E-state index in [1.54, 1.807) is 0 Å². The Morgan fingerprint density at radius 2 is 2.25 bits per heavy atom. The topological polar surface area (TPSA) is 77.7 Å². The van der Waals surface area contributed by atoms with Gasteiger partial charge in [-0.05, 0) is 0 Å². The van der Waals surface area contributed by atoms with Gasteiger partial charge in [-0.2, -0.15) is 0 Å². The Morgan fingerprint density at radius 3 is 2.38 bits per heavy atom. The fourth-order valence-corrected chi connectivity index (χ4v) is 0.219. The van der Waals surface area contributed by atoms with Crippen LogP contribution >= 0.6 is 0 Å². The van der Waals surface area contributed by atoms with Crippen molar-refractivity contribution in [3.8, 4) is 0 Å². The average Bonchev–Trinajstić information content (AvgIpc) is 1.91. The quantitative estimate of drug-likeness (QED) is 0.486. The molecule has 0 aliphatic carbocycles. The van der Waals surface area contributed by atoms with E-state index < -0.39 is 5.91 Å². The molecule has 5 nitrogen and oxygen atoms in total. The molecule has 0 spiro atoms. The minimum Gasteiger partial charge on any atom is -0.276 e. The number of nitrogens with zero attached hydrogens (tertiary/aromatic N) is 2. The summed E-state index contributed by atoms with van der Waals surface area (Å²) < 4.78 is 0. The summed E-state index contributed by atoms with van der Waals surface area (Å²) in [6, 6.07) is 0. The Bertz CT molecular complexity index is 152. The number of hydrogen-bond acceptors (Lipinski definition) is 3. The number of rotatable bonds is 0. The van der Waals surface area contributed by atoms with Crippen molar-refractivity contribution in [2.24, 2.45) is 10.3 Å². The Kier molecular flexibility index (Phi) is 2.29. The van der Waals surface area contributed by atoms with Crippen molar-refractivity contribution in [3.05, 3.63) is 0 Å². The molecule has 8 heavy (non-hydrogen) atoms. The molecule has 0 fully saturated rings. The summed E-state index contributed by atoms with van der Waals surface area (Å²) in [6.07, 6.45) is 0. The molecule has 1 aliphatic rings. The van der Waals surface area contributed by atoms with E-state index in [1.165, 1.54) is 0 Å². The maximum atomic E-state index is 10.1. The van der Waals surface area contributed by atoms with Gasteiger partial charge in [-0.3, -0.25) is 10.2 Å². The molecule has 1 heterocycles. The molecule has 0 bridgehead atoms. The summed E-state index contributed by atoms with van der Waals surface area (Å²) in [7, 11) is 0. The SMILES string of the molecule is N=C1N=NNC1=O.[Co]. The molecule has 0 saturated carbocycles. The van der Waals surface area contributed by atoms with E-state index in [9.17, 15) is 4.79 Å². The van der Waals surface area contributed by atoms with Crippen molar-refractivity contribution in [2.45, 2.75) is 0 Å². The second kappa shape index (κ2) is 2.53. The smallest absolute Gasteiger partial charge is 0.276 e. The third-order valence-electron chi connectivity index (χ3n) is 0.517. The maximum absolute atomic E-state index is 10.1. The van der Waals surface area contributed by atoms with Crippen LogP contribution in [0.25, 0.3) is 0 Å². The van der Waals surface area contributed by atoms with Gasteiger partial charge in [0.25, 0.3) is 0 Å². The molecule has 0 atom stereocenters. The van der Waals surface area contributed by atoms with Gasteiger partial charge in [0.2, 0.25) is 5.84 Å². The molecular formula is C2H2CoN4O. The zero-order valence-electron chi connectivity index (χ0n) is 3.64. The van der Waals surface area contributed by atoms with E-state index in [4.69, 9.17) is 5.41 Å². The molecule has 45 valence electrons. The maximum Gasteiger partial charge on any atom is 0.311 e. The van der Waals surface area contributed by atoms with E-state index >= 15 is 0 Å². The van der Waals surface area contributed by atoms with Gasteiger partial charge < -0.3 is 0 Å². The summed E-state index contributed by atoms with van der Waals surface area (Å²) in [4.78, 5) is 10.1. The second-order valence-electron chi connectivity index (χ2n) is 0.990. The molecule has 0 unspecified atom stereocenters. The van der Waals surface area contributed by atoms with Gasteiger partial charge in [-0.1, -0.05) is 5.22 Å². The molecular weight excluding hydrogens is 155 g/mol. The Labute approximate surface area is 55.2 Å². The van der Waals surface area contributed by atoms with Gasteiger partial charge >= 0.3 is 5.91 Å². The van der Waals surface area contributed by atoms with Crippen LogP contribution in [0.2, 0.25) is 0 Å². The van der Waals surface area contributed by atoms with Gasteiger partial charge in [0.05, 0.1) is 0 Å². The standard InChI is InChI=1S/C2H2N4O.Co/c3-1-2(7)5-6-4-1;/h(H2,3,4,5,7);. The van der Waals surface area contributed by atoms with Crippen LogP contribution in [0, 0.1) is 5.41 Å². The first-order valence-electron chi connectivity index (χ1n) is 1.60. The fraction of sp³-hybridized carbons (Fsp3) is 0. The summed E-state index contributed by atoms with van der Waals surface area (Å²) in [5, 5.41) is 12.7. The number of amides is 1. The minimum atomic E-state index is -0.542. The number of hydrogen-bond donors (Lipinski definition) is 2. The molecule has 6 heteroatoms. The van der Waals surface area contributed by atoms with Crippen molar-refractivity contribution in [1.82, 2.24) is 5.43 Å². The van der Waals surface area contributed by atoms with Gasteiger partial charge in [-0.15, -0.1) is 5.11 Å². The van der Waals surface area contributed by atoms with Gasteiger partial charge in [-0.25, -0.2) is 5.43 Å². The Balaban J connectivity index is 0.000000490. The molecule has 0 saturated heterocycles. The van der Waals surface area contributed by atoms with Crippen LogP contribution in [0.1, 0.15) is 0 Å². The van der Waals surface area contributed by atoms with E-state index in [0.29, 0.717) is 0 Å². The Morgan fingerprint density at radius 1 is 1.62 bits per heavy atom. The van der Waals surface area contributed by atoms with Gasteiger partial charge in [0, 0.05) is 16.8 Å². The van der Waals surface area contributed by atoms with Crippen molar-refractivity contribution in [2.75, 3.05) is 0 Å². The summed E-state index contributed by atoms with van der Waals surface area (Å²) in [5.74, 6) is -0.875. The normalized spacial score (nSPS) is 15.5. The van der Waals surface area contributed by atoms with Crippen LogP contribution in [0.4, 0.5) is 0 Å². The summed E-state index contributed by atoms with van der Waals surface area (Å²) >= 11 is 0. The number of carbonyl (C=O) groups is 1. The van der Waals surface area contributed by atoms with Crippen LogP contribution in [-0.4, -0.2) is 11.7 Å². The van der Waals surface area contributed by atoms with Gasteiger partial charge in [0.15, 0.2) is 0 Å². The first kappa shape index (κ1) is 7.25. The van der Waals surface area contributed by atoms with Crippen LogP contribution in [0.3, 0.4) is 0 Å². The number of nitrogens with one attached hydrogen (secondary N) is 2. The average molecular weight is 157 g/mol. The monoisotopic (exact) mass is 157 g/mol. The van der Waals surface area contributed by atoms with E-state index in [2.05, 4.69) is 10.3 Å². The number of carbonyl (C=O) groups excluding carboxylic acids is 1. The van der Waals surface area contributed by atoms with Crippen molar-refractivity contribution in [3.63, 3.8) is 0 Å². The molecule has 0 aromatic rings. The zero-order chi connectivity index (χ0) is 5.28. The minimum absolute atomic E-state index is 0. The van der Waals surface area contributed by atoms with E-state index in [0.717, 1.165) is 0 Å². The molecule has 1 aliphatic heterocycles. The predicted molar refractivity (Wildman–Crippen MR) is 20.7 cm³/mol. The predicted octanol–water partition coefficient (Wildman–Crippen LogP) is -0.542. The molecule has 1 radical (unpaired) electrons. The second-order valence-corrected chi connectivity index (χ2v) is 0.990. The van der Waals surface area contributed by atoms with E-state index in [1.807, 2.05) is 5.43 Å².